The maximum atomic E-state index is 12.3. The number of nitrogens with one attached hydrogen (secondary N) is 1. The van der Waals surface area contributed by atoms with Crippen LogP contribution in [0.25, 0.3) is 0 Å². The normalized spacial score (nSPS) is 16.4. The molecule has 1 saturated heterocycles. The summed E-state index contributed by atoms with van der Waals surface area (Å²) in [5, 5.41) is 0. The Morgan fingerprint density at radius 1 is 1.18 bits per heavy atom. The maximum absolute atomic E-state index is 12.3. The van der Waals surface area contributed by atoms with E-state index < -0.39 is 10.0 Å². The van der Waals surface area contributed by atoms with Crippen molar-refractivity contribution in [3.63, 3.8) is 0 Å². The first-order valence-corrected chi connectivity index (χ1v) is 8.44. The molecular formula is C14H20N2O5S. The fourth-order valence-corrected chi connectivity index (χ4v) is 3.66. The molecule has 8 heteroatoms. The van der Waals surface area contributed by atoms with Gasteiger partial charge in [-0.25, -0.2) is 17.9 Å². The molecular weight excluding hydrogens is 308 g/mol. The molecule has 0 spiro atoms. The van der Waals surface area contributed by atoms with Crippen LogP contribution >= 0.6 is 0 Å². The van der Waals surface area contributed by atoms with Crippen LogP contribution in [0.4, 0.5) is 4.79 Å². The molecule has 0 radical (unpaired) electrons. The first-order chi connectivity index (χ1) is 10.5. The number of likely N-dealkylation sites (tertiary alicyclic amines) is 1. The number of piperidine rings is 1. The average molecular weight is 328 g/mol. The molecule has 1 aromatic carbocycles. The summed E-state index contributed by atoms with van der Waals surface area (Å²) >= 11 is 0. The van der Waals surface area contributed by atoms with Gasteiger partial charge < -0.3 is 14.4 Å². The monoisotopic (exact) mass is 328 g/mol. The van der Waals surface area contributed by atoms with Crippen LogP contribution in [0.2, 0.25) is 0 Å². The van der Waals surface area contributed by atoms with Crippen molar-refractivity contribution in [2.75, 3.05) is 27.3 Å². The third-order valence-electron chi connectivity index (χ3n) is 3.62. The first-order valence-electron chi connectivity index (χ1n) is 6.95. The summed E-state index contributed by atoms with van der Waals surface area (Å²) in [6.45, 7) is 0.949. The predicted octanol–water partition coefficient (Wildman–Crippen LogP) is 1.20. The Morgan fingerprint density at radius 3 is 2.27 bits per heavy atom. The van der Waals surface area contributed by atoms with Gasteiger partial charge in [-0.2, -0.15) is 0 Å². The van der Waals surface area contributed by atoms with Crippen molar-refractivity contribution in [3.05, 3.63) is 24.3 Å². The summed E-state index contributed by atoms with van der Waals surface area (Å²) in [4.78, 5) is 13.2. The fraction of sp³-hybridized carbons (Fsp3) is 0.500. The van der Waals surface area contributed by atoms with E-state index in [9.17, 15) is 13.2 Å². The molecule has 1 aromatic rings. The Bertz CT molecular complexity index is 607. The highest BCUT2D eigenvalue weighted by molar-refractivity contribution is 7.89. The minimum absolute atomic E-state index is 0.187. The molecule has 1 aliphatic rings. The van der Waals surface area contributed by atoms with Crippen molar-refractivity contribution >= 4 is 16.1 Å². The van der Waals surface area contributed by atoms with E-state index in [1.54, 1.807) is 17.0 Å². The molecule has 22 heavy (non-hydrogen) atoms. The largest absolute Gasteiger partial charge is 0.497 e. The zero-order valence-corrected chi connectivity index (χ0v) is 13.4. The number of hydrogen-bond acceptors (Lipinski definition) is 5. The van der Waals surface area contributed by atoms with Crippen LogP contribution in [0.15, 0.2) is 29.2 Å². The van der Waals surface area contributed by atoms with Crippen molar-refractivity contribution in [2.45, 2.75) is 23.8 Å². The summed E-state index contributed by atoms with van der Waals surface area (Å²) in [5.41, 5.74) is 0. The Kier molecular flexibility index (Phi) is 5.25. The Balaban J connectivity index is 1.96. The molecule has 0 unspecified atom stereocenters. The van der Waals surface area contributed by atoms with E-state index in [4.69, 9.17) is 4.74 Å². The van der Waals surface area contributed by atoms with E-state index >= 15 is 0 Å². The second-order valence-corrected chi connectivity index (χ2v) is 6.74. The smallest absolute Gasteiger partial charge is 0.409 e. The van der Waals surface area contributed by atoms with Gasteiger partial charge in [-0.3, -0.25) is 0 Å². The van der Waals surface area contributed by atoms with Crippen molar-refractivity contribution in [3.8, 4) is 5.75 Å². The van der Waals surface area contributed by atoms with Crippen LogP contribution < -0.4 is 9.46 Å². The molecule has 1 amide bonds. The number of sulfonamides is 1. The summed E-state index contributed by atoms with van der Waals surface area (Å²) in [6, 6.07) is 6.03. The fourth-order valence-electron chi connectivity index (χ4n) is 2.35. The lowest BCUT2D eigenvalue weighted by Gasteiger charge is -2.31. The SMILES string of the molecule is COC(=O)N1CCC(NS(=O)(=O)c2ccc(OC)cc2)CC1. The number of hydrogen-bond donors (Lipinski definition) is 1. The molecule has 122 valence electrons. The number of carbonyl (C=O) groups excluding carboxylic acids is 1. The Hall–Kier alpha value is -1.80. The number of amides is 1. The highest BCUT2D eigenvalue weighted by Crippen LogP contribution is 2.18. The van der Waals surface area contributed by atoms with Crippen molar-refractivity contribution in [1.82, 2.24) is 9.62 Å². The van der Waals surface area contributed by atoms with Gasteiger partial charge in [0.25, 0.3) is 0 Å². The highest BCUT2D eigenvalue weighted by Gasteiger charge is 2.26. The van der Waals surface area contributed by atoms with E-state index in [1.165, 1.54) is 26.4 Å². The minimum atomic E-state index is -3.57. The molecule has 1 heterocycles. The minimum Gasteiger partial charge on any atom is -0.497 e. The van der Waals surface area contributed by atoms with E-state index in [0.29, 0.717) is 31.7 Å². The second-order valence-electron chi connectivity index (χ2n) is 5.03. The van der Waals surface area contributed by atoms with Gasteiger partial charge in [0, 0.05) is 19.1 Å². The molecule has 7 nitrogen and oxygen atoms in total. The molecule has 0 saturated carbocycles. The van der Waals surface area contributed by atoms with Gasteiger partial charge in [0.15, 0.2) is 0 Å². The van der Waals surface area contributed by atoms with Gasteiger partial charge in [-0.15, -0.1) is 0 Å². The van der Waals surface area contributed by atoms with Crippen molar-refractivity contribution in [1.29, 1.82) is 0 Å². The lowest BCUT2D eigenvalue weighted by molar-refractivity contribution is 0.111. The third kappa shape index (κ3) is 3.89. The van der Waals surface area contributed by atoms with Gasteiger partial charge in [0.05, 0.1) is 19.1 Å². The van der Waals surface area contributed by atoms with Gasteiger partial charge in [-0.1, -0.05) is 0 Å². The number of nitrogens with zero attached hydrogens (tertiary/aromatic N) is 1. The molecule has 2 rings (SSSR count). The molecule has 0 atom stereocenters. The van der Waals surface area contributed by atoms with Gasteiger partial charge >= 0.3 is 6.09 Å². The molecule has 0 aliphatic carbocycles. The topological polar surface area (TPSA) is 84.9 Å². The number of ether oxygens (including phenoxy) is 2. The standard InChI is InChI=1S/C14H20N2O5S/c1-20-12-3-5-13(6-4-12)22(18,19)15-11-7-9-16(10-8-11)14(17)21-2/h3-6,11,15H,7-10H2,1-2H3. The van der Waals surface area contributed by atoms with Crippen LogP contribution in [0.5, 0.6) is 5.75 Å². The first kappa shape index (κ1) is 16.6. The third-order valence-corrected chi connectivity index (χ3v) is 5.16. The van der Waals surface area contributed by atoms with Crippen LogP contribution in [-0.2, 0) is 14.8 Å². The van der Waals surface area contributed by atoms with Crippen molar-refractivity contribution < 1.29 is 22.7 Å². The zero-order valence-electron chi connectivity index (χ0n) is 12.6. The predicted molar refractivity (Wildman–Crippen MR) is 80.3 cm³/mol. The van der Waals surface area contributed by atoms with Crippen LogP contribution in [-0.4, -0.2) is 52.8 Å². The van der Waals surface area contributed by atoms with E-state index in [1.807, 2.05) is 0 Å². The summed E-state index contributed by atoms with van der Waals surface area (Å²) in [6.07, 6.45) is 0.742. The lowest BCUT2D eigenvalue weighted by Crippen LogP contribution is -2.46. The van der Waals surface area contributed by atoms with E-state index in [2.05, 4.69) is 9.46 Å². The quantitative estimate of drug-likeness (QED) is 0.898. The molecule has 1 N–H and O–H groups in total. The van der Waals surface area contributed by atoms with Gasteiger partial charge in [0.2, 0.25) is 10.0 Å². The number of rotatable bonds is 4. The number of carbonyl (C=O) groups is 1. The Morgan fingerprint density at radius 2 is 1.77 bits per heavy atom. The average Bonchev–Trinajstić information content (AvgIpc) is 2.54. The maximum Gasteiger partial charge on any atom is 0.409 e. The Labute approximate surface area is 130 Å². The molecule has 0 aromatic heterocycles. The summed E-state index contributed by atoms with van der Waals surface area (Å²) in [5.74, 6) is 0.602. The summed E-state index contributed by atoms with van der Waals surface area (Å²) in [7, 11) is -0.710. The molecule has 0 bridgehead atoms. The molecule has 1 aliphatic heterocycles. The van der Waals surface area contributed by atoms with E-state index in [0.717, 1.165) is 0 Å². The van der Waals surface area contributed by atoms with E-state index in [-0.39, 0.29) is 17.0 Å². The van der Waals surface area contributed by atoms with Crippen molar-refractivity contribution in [2.24, 2.45) is 0 Å². The number of methoxy groups -OCH3 is 2. The highest BCUT2D eigenvalue weighted by atomic mass is 32.2. The van der Waals surface area contributed by atoms with Gasteiger partial charge in [0.1, 0.15) is 5.75 Å². The number of benzene rings is 1. The van der Waals surface area contributed by atoms with Crippen LogP contribution in [0.3, 0.4) is 0 Å². The summed E-state index contributed by atoms with van der Waals surface area (Å²) < 4.78 is 37.0. The van der Waals surface area contributed by atoms with Crippen LogP contribution in [0.1, 0.15) is 12.8 Å². The molecule has 1 fully saturated rings. The van der Waals surface area contributed by atoms with Gasteiger partial charge in [-0.05, 0) is 37.1 Å². The lowest BCUT2D eigenvalue weighted by atomic mass is 10.1. The van der Waals surface area contributed by atoms with Crippen LogP contribution in [0, 0.1) is 0 Å². The zero-order chi connectivity index (χ0) is 16.2. The second kappa shape index (κ2) is 6.97.